The summed E-state index contributed by atoms with van der Waals surface area (Å²) in [6.07, 6.45) is 2.93. The quantitative estimate of drug-likeness (QED) is 0.685. The highest BCUT2D eigenvalue weighted by atomic mass is 16.5. The van der Waals surface area contributed by atoms with E-state index in [2.05, 4.69) is 13.8 Å². The normalized spacial score (nSPS) is 12.4. The average Bonchev–Trinajstić information content (AvgIpc) is 2.41. The van der Waals surface area contributed by atoms with Gasteiger partial charge in [-0.05, 0) is 37.0 Å². The maximum atomic E-state index is 6.11. The molecule has 0 aliphatic heterocycles. The summed E-state index contributed by atoms with van der Waals surface area (Å²) < 4.78 is 11.0. The van der Waals surface area contributed by atoms with E-state index in [1.807, 2.05) is 24.3 Å². The first-order valence-corrected chi connectivity index (χ1v) is 6.84. The second-order valence-electron chi connectivity index (χ2n) is 4.43. The Labute approximate surface area is 110 Å². The lowest BCUT2D eigenvalue weighted by Gasteiger charge is -2.13. The summed E-state index contributed by atoms with van der Waals surface area (Å²) in [5.41, 5.74) is 7.24. The summed E-state index contributed by atoms with van der Waals surface area (Å²) in [6, 6.07) is 8.09. The van der Waals surface area contributed by atoms with Gasteiger partial charge in [0.2, 0.25) is 0 Å². The fourth-order valence-electron chi connectivity index (χ4n) is 1.65. The Morgan fingerprint density at radius 3 is 2.28 bits per heavy atom. The minimum atomic E-state index is 0.0436. The van der Waals surface area contributed by atoms with Crippen molar-refractivity contribution >= 4 is 0 Å². The van der Waals surface area contributed by atoms with Gasteiger partial charge in [-0.25, -0.2) is 0 Å². The number of rotatable bonds is 9. The second-order valence-corrected chi connectivity index (χ2v) is 4.43. The van der Waals surface area contributed by atoms with Crippen LogP contribution in [-0.4, -0.2) is 19.8 Å². The standard InChI is InChI=1S/C15H25NO2/c1-3-10-17-12-9-15(16)13-5-7-14(8-6-13)18-11-4-2/h5-8,15H,3-4,9-12,16H2,1-2H3. The molecule has 0 heterocycles. The molecule has 0 radical (unpaired) electrons. The fourth-order valence-corrected chi connectivity index (χ4v) is 1.65. The third-order valence-corrected chi connectivity index (χ3v) is 2.70. The van der Waals surface area contributed by atoms with Crippen LogP contribution in [0.5, 0.6) is 5.75 Å². The Morgan fingerprint density at radius 1 is 1.00 bits per heavy atom. The van der Waals surface area contributed by atoms with Crippen molar-refractivity contribution in [2.75, 3.05) is 19.8 Å². The van der Waals surface area contributed by atoms with Crippen molar-refractivity contribution in [3.05, 3.63) is 29.8 Å². The summed E-state index contributed by atoms with van der Waals surface area (Å²) in [5, 5.41) is 0. The summed E-state index contributed by atoms with van der Waals surface area (Å²) in [4.78, 5) is 0. The SMILES string of the molecule is CCCOCCC(N)c1ccc(OCCC)cc1. The van der Waals surface area contributed by atoms with Crippen LogP contribution in [0, 0.1) is 0 Å². The van der Waals surface area contributed by atoms with Gasteiger partial charge in [0.15, 0.2) is 0 Å². The summed E-state index contributed by atoms with van der Waals surface area (Å²) in [6.45, 7) is 6.51. The Kier molecular flexibility index (Phi) is 7.46. The minimum absolute atomic E-state index is 0.0436. The molecule has 0 aliphatic rings. The van der Waals surface area contributed by atoms with E-state index < -0.39 is 0 Å². The van der Waals surface area contributed by atoms with E-state index in [4.69, 9.17) is 15.2 Å². The Balaban J connectivity index is 2.36. The van der Waals surface area contributed by atoms with Crippen molar-refractivity contribution in [2.45, 2.75) is 39.2 Å². The van der Waals surface area contributed by atoms with Crippen molar-refractivity contribution in [1.29, 1.82) is 0 Å². The zero-order chi connectivity index (χ0) is 13.2. The maximum Gasteiger partial charge on any atom is 0.119 e. The van der Waals surface area contributed by atoms with Crippen LogP contribution in [0.4, 0.5) is 0 Å². The molecule has 1 rings (SSSR count). The lowest BCUT2D eigenvalue weighted by atomic mass is 10.1. The topological polar surface area (TPSA) is 44.5 Å². The molecule has 0 fully saturated rings. The molecule has 0 aromatic heterocycles. The van der Waals surface area contributed by atoms with Crippen molar-refractivity contribution in [3.63, 3.8) is 0 Å². The Hall–Kier alpha value is -1.06. The van der Waals surface area contributed by atoms with Gasteiger partial charge in [0.05, 0.1) is 6.61 Å². The van der Waals surface area contributed by atoms with Gasteiger partial charge in [0.25, 0.3) is 0 Å². The molecule has 102 valence electrons. The minimum Gasteiger partial charge on any atom is -0.494 e. The van der Waals surface area contributed by atoms with Crippen LogP contribution in [0.15, 0.2) is 24.3 Å². The fraction of sp³-hybridized carbons (Fsp3) is 0.600. The van der Waals surface area contributed by atoms with Gasteiger partial charge in [-0.3, -0.25) is 0 Å². The van der Waals surface area contributed by atoms with Crippen LogP contribution < -0.4 is 10.5 Å². The summed E-state index contributed by atoms with van der Waals surface area (Å²) in [7, 11) is 0. The van der Waals surface area contributed by atoms with E-state index >= 15 is 0 Å². The van der Waals surface area contributed by atoms with Crippen LogP contribution >= 0.6 is 0 Å². The van der Waals surface area contributed by atoms with Crippen LogP contribution in [0.3, 0.4) is 0 Å². The van der Waals surface area contributed by atoms with Crippen molar-refractivity contribution in [2.24, 2.45) is 5.73 Å². The third-order valence-electron chi connectivity index (χ3n) is 2.70. The molecule has 0 spiro atoms. The Bertz CT molecular complexity index is 311. The van der Waals surface area contributed by atoms with Crippen LogP contribution in [0.1, 0.15) is 44.7 Å². The monoisotopic (exact) mass is 251 g/mol. The number of nitrogens with two attached hydrogens (primary N) is 1. The Morgan fingerprint density at radius 2 is 1.67 bits per heavy atom. The lowest BCUT2D eigenvalue weighted by Crippen LogP contribution is -2.13. The maximum absolute atomic E-state index is 6.11. The average molecular weight is 251 g/mol. The van der Waals surface area contributed by atoms with Crippen LogP contribution in [0.25, 0.3) is 0 Å². The third kappa shape index (κ3) is 5.52. The molecule has 1 aromatic carbocycles. The zero-order valence-corrected chi connectivity index (χ0v) is 11.5. The molecule has 0 amide bonds. The zero-order valence-electron chi connectivity index (χ0n) is 11.5. The molecule has 0 aliphatic carbocycles. The first kappa shape index (κ1) is 15.0. The van der Waals surface area contributed by atoms with Gasteiger partial charge in [-0.1, -0.05) is 26.0 Å². The number of hydrogen-bond acceptors (Lipinski definition) is 3. The summed E-state index contributed by atoms with van der Waals surface area (Å²) >= 11 is 0. The molecule has 0 bridgehead atoms. The molecular formula is C15H25NO2. The molecule has 0 saturated carbocycles. The van der Waals surface area contributed by atoms with Crippen molar-refractivity contribution < 1.29 is 9.47 Å². The summed E-state index contributed by atoms with van der Waals surface area (Å²) in [5.74, 6) is 0.912. The van der Waals surface area contributed by atoms with E-state index in [1.54, 1.807) is 0 Å². The molecule has 3 heteroatoms. The number of ether oxygens (including phenoxy) is 2. The van der Waals surface area contributed by atoms with E-state index in [0.29, 0.717) is 0 Å². The molecule has 2 N–H and O–H groups in total. The van der Waals surface area contributed by atoms with Crippen molar-refractivity contribution in [1.82, 2.24) is 0 Å². The van der Waals surface area contributed by atoms with Crippen molar-refractivity contribution in [3.8, 4) is 5.75 Å². The van der Waals surface area contributed by atoms with Gasteiger partial charge in [0.1, 0.15) is 5.75 Å². The van der Waals surface area contributed by atoms with E-state index in [-0.39, 0.29) is 6.04 Å². The largest absolute Gasteiger partial charge is 0.494 e. The molecule has 3 nitrogen and oxygen atoms in total. The van der Waals surface area contributed by atoms with Crippen LogP contribution in [0.2, 0.25) is 0 Å². The molecule has 18 heavy (non-hydrogen) atoms. The number of benzene rings is 1. The van der Waals surface area contributed by atoms with E-state index in [0.717, 1.165) is 50.4 Å². The highest BCUT2D eigenvalue weighted by Gasteiger charge is 2.05. The molecule has 1 atom stereocenters. The molecule has 0 saturated heterocycles. The van der Waals surface area contributed by atoms with Gasteiger partial charge in [0, 0.05) is 19.3 Å². The second kappa shape index (κ2) is 8.95. The van der Waals surface area contributed by atoms with Gasteiger partial charge < -0.3 is 15.2 Å². The number of hydrogen-bond donors (Lipinski definition) is 1. The molecular weight excluding hydrogens is 226 g/mol. The van der Waals surface area contributed by atoms with E-state index in [1.165, 1.54) is 0 Å². The van der Waals surface area contributed by atoms with Gasteiger partial charge in [-0.15, -0.1) is 0 Å². The molecule has 1 unspecified atom stereocenters. The first-order valence-electron chi connectivity index (χ1n) is 6.84. The lowest BCUT2D eigenvalue weighted by molar-refractivity contribution is 0.128. The van der Waals surface area contributed by atoms with Crippen LogP contribution in [-0.2, 0) is 4.74 Å². The van der Waals surface area contributed by atoms with Gasteiger partial charge >= 0.3 is 0 Å². The van der Waals surface area contributed by atoms with E-state index in [9.17, 15) is 0 Å². The predicted octanol–water partition coefficient (Wildman–Crippen LogP) is 3.29. The highest BCUT2D eigenvalue weighted by molar-refractivity contribution is 5.29. The highest BCUT2D eigenvalue weighted by Crippen LogP contribution is 2.18. The smallest absolute Gasteiger partial charge is 0.119 e. The van der Waals surface area contributed by atoms with Gasteiger partial charge in [-0.2, -0.15) is 0 Å². The first-order chi connectivity index (χ1) is 8.77. The predicted molar refractivity (Wildman–Crippen MR) is 74.9 cm³/mol. The molecule has 1 aromatic rings.